The third kappa shape index (κ3) is 15.8. The Labute approximate surface area is 116 Å². The van der Waals surface area contributed by atoms with Crippen molar-refractivity contribution >= 4 is 0 Å². The van der Waals surface area contributed by atoms with Crippen molar-refractivity contribution in [2.75, 3.05) is 26.4 Å². The van der Waals surface area contributed by atoms with Crippen molar-refractivity contribution in [3.8, 4) is 0 Å². The summed E-state index contributed by atoms with van der Waals surface area (Å²) in [7, 11) is 0. The van der Waals surface area contributed by atoms with Gasteiger partial charge in [0.1, 0.15) is 0 Å². The van der Waals surface area contributed by atoms with Gasteiger partial charge < -0.3 is 46.7 Å². The van der Waals surface area contributed by atoms with Crippen molar-refractivity contribution in [1.29, 1.82) is 0 Å². The maximum atomic E-state index is 4.94. The summed E-state index contributed by atoms with van der Waals surface area (Å²) in [4.78, 5) is 0. The fourth-order valence-electron chi connectivity index (χ4n) is 1.02. The van der Waals surface area contributed by atoms with Gasteiger partial charge in [0, 0.05) is 26.4 Å². The largest absolute Gasteiger partial charge is 3.00 e. The quantitative estimate of drug-likeness (QED) is 0.443. The Bertz CT molecular complexity index is 55.8. The molecule has 0 amide bonds. The molecule has 0 aromatic rings. The van der Waals surface area contributed by atoms with Gasteiger partial charge in [-0.15, -0.1) is 0 Å². The van der Waals surface area contributed by atoms with Crippen molar-refractivity contribution in [2.45, 2.75) is 25.7 Å². The Kier molecular flexibility index (Phi) is 34.7. The van der Waals surface area contributed by atoms with E-state index in [1.165, 1.54) is 25.7 Å². The second kappa shape index (κ2) is 19.8. The molecule has 2 heterocycles. The van der Waals surface area contributed by atoms with Crippen molar-refractivity contribution < 1.29 is 64.1 Å². The van der Waals surface area contributed by atoms with Gasteiger partial charge >= 0.3 is 17.4 Å². The van der Waals surface area contributed by atoms with Gasteiger partial charge in [-0.25, -0.2) is 0 Å². The predicted octanol–water partition coefficient (Wildman–Crippen LogP) is -7.40. The van der Waals surface area contributed by atoms with Crippen molar-refractivity contribution in [2.24, 2.45) is 0 Å². The molecule has 2 nitrogen and oxygen atoms in total. The van der Waals surface area contributed by atoms with Crippen molar-refractivity contribution in [1.82, 2.24) is 0 Å². The molecule has 0 aromatic heterocycles. The van der Waals surface area contributed by atoms with E-state index in [9.17, 15) is 0 Å². The van der Waals surface area contributed by atoms with Gasteiger partial charge in [0.2, 0.25) is 0 Å². The summed E-state index contributed by atoms with van der Waals surface area (Å²) in [5, 5.41) is 0. The van der Waals surface area contributed by atoms with Crippen molar-refractivity contribution in [3.05, 3.63) is 0 Å². The molecule has 0 aromatic carbocycles. The SMILES string of the molecule is C1CCOC1.C1CCOC1.[Cl-].[Cl-].[Cl-].[Cr+3]. The fraction of sp³-hybridized carbons (Fsp3) is 1.00. The zero-order valence-corrected chi connectivity index (χ0v) is 11.6. The minimum absolute atomic E-state index is 0. The van der Waals surface area contributed by atoms with Crippen LogP contribution in [0.4, 0.5) is 0 Å². The van der Waals surface area contributed by atoms with E-state index < -0.39 is 0 Å². The summed E-state index contributed by atoms with van der Waals surface area (Å²) in [5.74, 6) is 0. The molecule has 2 rings (SSSR count). The van der Waals surface area contributed by atoms with Gasteiger partial charge in [-0.1, -0.05) is 0 Å². The average Bonchev–Trinajstić information content (AvgIpc) is 2.67. The molecule has 0 N–H and O–H groups in total. The Morgan fingerprint density at radius 3 is 0.786 bits per heavy atom. The molecular weight excluding hydrogens is 286 g/mol. The molecule has 2 fully saturated rings. The fourth-order valence-corrected chi connectivity index (χ4v) is 1.02. The summed E-state index contributed by atoms with van der Waals surface area (Å²) in [5.41, 5.74) is 0. The van der Waals surface area contributed by atoms with Crippen LogP contribution in [0.2, 0.25) is 0 Å². The second-order valence-electron chi connectivity index (χ2n) is 2.64. The summed E-state index contributed by atoms with van der Waals surface area (Å²) < 4.78 is 9.89. The van der Waals surface area contributed by atoms with Crippen molar-refractivity contribution in [3.63, 3.8) is 0 Å². The summed E-state index contributed by atoms with van der Waals surface area (Å²) in [6.07, 6.45) is 5.11. The standard InChI is InChI=1S/2C4H8O.3ClH.Cr/c2*1-2-4-5-3-1;;;;/h2*1-4H2;3*1H;/q;;;;;+3/p-3. The van der Waals surface area contributed by atoms with E-state index in [2.05, 4.69) is 0 Å². The minimum Gasteiger partial charge on any atom is -1.00 e. The first-order valence-corrected chi connectivity index (χ1v) is 4.15. The van der Waals surface area contributed by atoms with E-state index in [4.69, 9.17) is 9.47 Å². The summed E-state index contributed by atoms with van der Waals surface area (Å²) in [6, 6.07) is 0. The van der Waals surface area contributed by atoms with Crippen LogP contribution in [0.15, 0.2) is 0 Å². The van der Waals surface area contributed by atoms with E-state index in [0.717, 1.165) is 26.4 Å². The first kappa shape index (κ1) is 24.5. The van der Waals surface area contributed by atoms with Gasteiger partial charge in [-0.05, 0) is 25.7 Å². The maximum Gasteiger partial charge on any atom is 3.00 e. The van der Waals surface area contributed by atoms with Crippen LogP contribution in [0.3, 0.4) is 0 Å². The van der Waals surface area contributed by atoms with Gasteiger partial charge in [-0.2, -0.15) is 0 Å². The smallest absolute Gasteiger partial charge is 1.00 e. The minimum atomic E-state index is 0. The molecule has 2 aliphatic heterocycles. The number of halogens is 3. The molecule has 2 saturated heterocycles. The number of rotatable bonds is 0. The number of hydrogen-bond donors (Lipinski definition) is 0. The third-order valence-corrected chi connectivity index (χ3v) is 1.65. The average molecular weight is 303 g/mol. The van der Waals surface area contributed by atoms with E-state index in [1.807, 2.05) is 0 Å². The zero-order valence-electron chi connectivity index (χ0n) is 8.02. The van der Waals surface area contributed by atoms with Crippen LogP contribution in [0.25, 0.3) is 0 Å². The van der Waals surface area contributed by atoms with Crippen LogP contribution in [0.1, 0.15) is 25.7 Å². The Hall–Kier alpha value is 1.32. The molecule has 0 atom stereocenters. The molecule has 1 radical (unpaired) electrons. The van der Waals surface area contributed by atoms with Gasteiger partial charge in [0.15, 0.2) is 0 Å². The van der Waals surface area contributed by atoms with Gasteiger partial charge in [-0.3, -0.25) is 0 Å². The van der Waals surface area contributed by atoms with Gasteiger partial charge in [0.05, 0.1) is 0 Å². The molecule has 2 aliphatic rings. The topological polar surface area (TPSA) is 18.5 Å². The van der Waals surface area contributed by atoms with E-state index in [0.29, 0.717) is 0 Å². The van der Waals surface area contributed by atoms with Crippen LogP contribution < -0.4 is 37.2 Å². The van der Waals surface area contributed by atoms with Crippen LogP contribution in [-0.4, -0.2) is 26.4 Å². The van der Waals surface area contributed by atoms with Crippen LogP contribution in [0.5, 0.6) is 0 Å². The van der Waals surface area contributed by atoms with Gasteiger partial charge in [0.25, 0.3) is 0 Å². The normalized spacial score (nSPS) is 17.1. The van der Waals surface area contributed by atoms with Crippen LogP contribution in [0, 0.1) is 0 Å². The summed E-state index contributed by atoms with van der Waals surface area (Å²) >= 11 is 0. The molecule has 0 aliphatic carbocycles. The van der Waals surface area contributed by atoms with E-state index >= 15 is 0 Å². The summed E-state index contributed by atoms with van der Waals surface area (Å²) in [6.45, 7) is 4.00. The molecular formula is C8H16Cl3CrO2. The van der Waals surface area contributed by atoms with E-state index in [-0.39, 0.29) is 54.6 Å². The Morgan fingerprint density at radius 1 is 0.500 bits per heavy atom. The van der Waals surface area contributed by atoms with E-state index in [1.54, 1.807) is 0 Å². The first-order chi connectivity index (χ1) is 5.00. The maximum absolute atomic E-state index is 4.94. The molecule has 14 heavy (non-hydrogen) atoms. The number of hydrogen-bond acceptors (Lipinski definition) is 2. The molecule has 0 unspecified atom stereocenters. The molecule has 0 spiro atoms. The third-order valence-electron chi connectivity index (χ3n) is 1.65. The predicted molar refractivity (Wildman–Crippen MR) is 40.1 cm³/mol. The second-order valence-corrected chi connectivity index (χ2v) is 2.64. The first-order valence-electron chi connectivity index (χ1n) is 4.15. The van der Waals surface area contributed by atoms with Crippen LogP contribution in [-0.2, 0) is 26.8 Å². The molecule has 6 heteroatoms. The Balaban J connectivity index is -0.0000000556. The monoisotopic (exact) mass is 301 g/mol. The molecule has 0 bridgehead atoms. The molecule has 87 valence electrons. The Morgan fingerprint density at radius 2 is 0.714 bits per heavy atom. The zero-order chi connectivity index (χ0) is 7.07. The van der Waals surface area contributed by atoms with Crippen LogP contribution >= 0.6 is 0 Å². The molecule has 0 saturated carbocycles. The number of ether oxygens (including phenoxy) is 2.